The van der Waals surface area contributed by atoms with Crippen molar-refractivity contribution < 1.29 is 9.53 Å². The molecule has 0 aliphatic rings. The van der Waals surface area contributed by atoms with E-state index in [0.717, 1.165) is 15.4 Å². The maximum absolute atomic E-state index is 11.5. The van der Waals surface area contributed by atoms with E-state index in [1.807, 2.05) is 39.0 Å². The summed E-state index contributed by atoms with van der Waals surface area (Å²) < 4.78 is 6.14. The van der Waals surface area contributed by atoms with Gasteiger partial charge in [0.15, 0.2) is 0 Å². The molecule has 1 heterocycles. The van der Waals surface area contributed by atoms with Gasteiger partial charge in [-0.15, -0.1) is 0 Å². The van der Waals surface area contributed by atoms with Crippen LogP contribution < -0.4 is 10.6 Å². The van der Waals surface area contributed by atoms with Crippen LogP contribution in [0.5, 0.6) is 0 Å². The molecular formula is C15H19BrN4O2. The smallest absolute Gasteiger partial charge is 0.407 e. The quantitative estimate of drug-likeness (QED) is 0.811. The van der Waals surface area contributed by atoms with Gasteiger partial charge in [0.1, 0.15) is 5.60 Å². The van der Waals surface area contributed by atoms with Gasteiger partial charge in [0.05, 0.1) is 5.52 Å². The number of hydrogen-bond acceptors (Lipinski definition) is 5. The Kier molecular flexibility index (Phi) is 5.18. The zero-order valence-corrected chi connectivity index (χ0v) is 14.4. The number of rotatable bonds is 4. The van der Waals surface area contributed by atoms with Crippen molar-refractivity contribution in [1.82, 2.24) is 15.3 Å². The second-order valence-electron chi connectivity index (χ2n) is 5.75. The van der Waals surface area contributed by atoms with E-state index in [-0.39, 0.29) is 0 Å². The third kappa shape index (κ3) is 5.14. The molecule has 118 valence electrons. The zero-order chi connectivity index (χ0) is 16.2. The van der Waals surface area contributed by atoms with Crippen LogP contribution in [0.1, 0.15) is 20.8 Å². The van der Waals surface area contributed by atoms with Crippen molar-refractivity contribution in [3.63, 3.8) is 0 Å². The van der Waals surface area contributed by atoms with E-state index < -0.39 is 11.7 Å². The third-order valence-electron chi connectivity index (χ3n) is 2.62. The van der Waals surface area contributed by atoms with Gasteiger partial charge in [0.2, 0.25) is 5.95 Å². The highest BCUT2D eigenvalue weighted by molar-refractivity contribution is 9.10. The van der Waals surface area contributed by atoms with Crippen LogP contribution in [0.2, 0.25) is 0 Å². The number of fused-ring (bicyclic) bond motifs is 1. The van der Waals surface area contributed by atoms with Crippen LogP contribution in [-0.2, 0) is 4.74 Å². The van der Waals surface area contributed by atoms with Crippen LogP contribution in [0.3, 0.4) is 0 Å². The van der Waals surface area contributed by atoms with Gasteiger partial charge in [-0.25, -0.2) is 14.8 Å². The molecule has 0 fully saturated rings. The van der Waals surface area contributed by atoms with Gasteiger partial charge >= 0.3 is 6.09 Å². The van der Waals surface area contributed by atoms with Crippen molar-refractivity contribution in [3.8, 4) is 0 Å². The van der Waals surface area contributed by atoms with Crippen LogP contribution in [0.4, 0.5) is 10.7 Å². The lowest BCUT2D eigenvalue weighted by Crippen LogP contribution is -2.35. The Morgan fingerprint density at radius 1 is 1.32 bits per heavy atom. The summed E-state index contributed by atoms with van der Waals surface area (Å²) >= 11 is 3.41. The summed E-state index contributed by atoms with van der Waals surface area (Å²) in [6.07, 6.45) is 1.33. The Morgan fingerprint density at radius 2 is 2.09 bits per heavy atom. The fourth-order valence-electron chi connectivity index (χ4n) is 1.74. The summed E-state index contributed by atoms with van der Waals surface area (Å²) in [6.45, 7) is 6.42. The number of carbonyl (C=O) groups excluding carboxylic acids is 1. The molecule has 0 aliphatic heterocycles. The predicted molar refractivity (Wildman–Crippen MR) is 90.0 cm³/mol. The first-order chi connectivity index (χ1) is 10.3. The number of nitrogens with one attached hydrogen (secondary N) is 2. The standard InChI is InChI=1S/C15H19BrN4O2/c1-15(2,3)22-14(21)18-7-6-17-13-19-9-10-8-11(16)4-5-12(10)20-13/h4-5,8-9H,6-7H2,1-3H3,(H,18,21)(H,17,19,20). The van der Waals surface area contributed by atoms with Crippen molar-refractivity contribution in [3.05, 3.63) is 28.9 Å². The maximum Gasteiger partial charge on any atom is 0.407 e. The molecule has 2 N–H and O–H groups in total. The summed E-state index contributed by atoms with van der Waals surface area (Å²) in [6, 6.07) is 5.82. The summed E-state index contributed by atoms with van der Waals surface area (Å²) in [5.74, 6) is 0.529. The molecule has 1 aromatic carbocycles. The molecule has 0 unspecified atom stereocenters. The van der Waals surface area contributed by atoms with Gasteiger partial charge in [0.25, 0.3) is 0 Å². The molecule has 22 heavy (non-hydrogen) atoms. The second-order valence-corrected chi connectivity index (χ2v) is 6.67. The van der Waals surface area contributed by atoms with Gasteiger partial charge < -0.3 is 15.4 Å². The van der Waals surface area contributed by atoms with Crippen molar-refractivity contribution in [1.29, 1.82) is 0 Å². The Balaban J connectivity index is 1.82. The Morgan fingerprint density at radius 3 is 2.82 bits per heavy atom. The topological polar surface area (TPSA) is 76.1 Å². The molecule has 2 rings (SSSR count). The van der Waals surface area contributed by atoms with Crippen LogP contribution >= 0.6 is 15.9 Å². The van der Waals surface area contributed by atoms with E-state index in [1.165, 1.54) is 0 Å². The first kappa shape index (κ1) is 16.5. The summed E-state index contributed by atoms with van der Waals surface area (Å²) in [5, 5.41) is 6.70. The van der Waals surface area contributed by atoms with Crippen molar-refractivity contribution in [2.24, 2.45) is 0 Å². The number of aromatic nitrogens is 2. The van der Waals surface area contributed by atoms with E-state index in [2.05, 4.69) is 36.5 Å². The van der Waals surface area contributed by atoms with Crippen molar-refractivity contribution in [2.75, 3.05) is 18.4 Å². The van der Waals surface area contributed by atoms with Gasteiger partial charge in [-0.05, 0) is 39.0 Å². The highest BCUT2D eigenvalue weighted by Crippen LogP contribution is 2.18. The van der Waals surface area contributed by atoms with E-state index in [9.17, 15) is 4.79 Å². The van der Waals surface area contributed by atoms with E-state index in [0.29, 0.717) is 19.0 Å². The number of halogens is 1. The number of alkyl carbamates (subject to hydrolysis) is 1. The molecule has 0 saturated carbocycles. The molecule has 0 atom stereocenters. The Bertz CT molecular complexity index is 670. The van der Waals surface area contributed by atoms with Crippen LogP contribution in [0, 0.1) is 0 Å². The summed E-state index contributed by atoms with van der Waals surface area (Å²) in [4.78, 5) is 20.1. The number of amides is 1. The number of benzene rings is 1. The van der Waals surface area contributed by atoms with Gasteiger partial charge in [0, 0.05) is 29.1 Å². The fraction of sp³-hybridized carbons (Fsp3) is 0.400. The van der Waals surface area contributed by atoms with E-state index >= 15 is 0 Å². The average Bonchev–Trinajstić information content (AvgIpc) is 2.41. The zero-order valence-electron chi connectivity index (χ0n) is 12.8. The number of anilines is 1. The molecule has 6 nitrogen and oxygen atoms in total. The lowest BCUT2D eigenvalue weighted by Gasteiger charge is -2.19. The predicted octanol–water partition coefficient (Wildman–Crippen LogP) is 3.33. The molecule has 7 heteroatoms. The molecule has 1 amide bonds. The van der Waals surface area contributed by atoms with Crippen LogP contribution in [0.15, 0.2) is 28.9 Å². The van der Waals surface area contributed by atoms with Gasteiger partial charge in [-0.1, -0.05) is 15.9 Å². The third-order valence-corrected chi connectivity index (χ3v) is 3.11. The monoisotopic (exact) mass is 366 g/mol. The van der Waals surface area contributed by atoms with E-state index in [4.69, 9.17) is 4.74 Å². The normalized spacial score (nSPS) is 11.3. The molecule has 0 bridgehead atoms. The first-order valence-electron chi connectivity index (χ1n) is 6.96. The molecule has 0 spiro atoms. The second kappa shape index (κ2) is 6.91. The van der Waals surface area contributed by atoms with Crippen molar-refractivity contribution in [2.45, 2.75) is 26.4 Å². The Labute approximate surface area is 137 Å². The Hall–Kier alpha value is -1.89. The minimum atomic E-state index is -0.493. The van der Waals surface area contributed by atoms with Crippen LogP contribution in [-0.4, -0.2) is 34.8 Å². The van der Waals surface area contributed by atoms with Crippen LogP contribution in [0.25, 0.3) is 10.9 Å². The van der Waals surface area contributed by atoms with Gasteiger partial charge in [-0.3, -0.25) is 0 Å². The largest absolute Gasteiger partial charge is 0.444 e. The number of ether oxygens (including phenoxy) is 1. The molecule has 2 aromatic rings. The molecule has 0 aliphatic carbocycles. The minimum absolute atomic E-state index is 0.427. The van der Waals surface area contributed by atoms with E-state index in [1.54, 1.807) is 6.20 Å². The average molecular weight is 367 g/mol. The van der Waals surface area contributed by atoms with Gasteiger partial charge in [-0.2, -0.15) is 0 Å². The number of nitrogens with zero attached hydrogens (tertiary/aromatic N) is 2. The minimum Gasteiger partial charge on any atom is -0.444 e. The van der Waals surface area contributed by atoms with Crippen molar-refractivity contribution >= 4 is 38.9 Å². The highest BCUT2D eigenvalue weighted by Gasteiger charge is 2.15. The lowest BCUT2D eigenvalue weighted by molar-refractivity contribution is 0.0530. The maximum atomic E-state index is 11.5. The molecule has 0 saturated heterocycles. The molecule has 1 aromatic heterocycles. The number of hydrogen-bond donors (Lipinski definition) is 2. The summed E-state index contributed by atoms with van der Waals surface area (Å²) in [5.41, 5.74) is 0.369. The lowest BCUT2D eigenvalue weighted by atomic mass is 10.2. The molecule has 0 radical (unpaired) electrons. The fourth-order valence-corrected chi connectivity index (χ4v) is 2.12. The highest BCUT2D eigenvalue weighted by atomic mass is 79.9. The summed E-state index contributed by atoms with van der Waals surface area (Å²) in [7, 11) is 0. The first-order valence-corrected chi connectivity index (χ1v) is 7.76. The SMILES string of the molecule is CC(C)(C)OC(=O)NCCNc1ncc2cc(Br)ccc2n1. The molecular weight excluding hydrogens is 348 g/mol. The number of carbonyl (C=O) groups is 1.